The van der Waals surface area contributed by atoms with Crippen LogP contribution in [0.2, 0.25) is 0 Å². The van der Waals surface area contributed by atoms with Crippen molar-refractivity contribution in [2.75, 3.05) is 5.32 Å². The van der Waals surface area contributed by atoms with Gasteiger partial charge >= 0.3 is 5.97 Å². The lowest BCUT2D eigenvalue weighted by Crippen LogP contribution is -2.30. The third-order valence-corrected chi connectivity index (χ3v) is 4.13. The van der Waals surface area contributed by atoms with E-state index in [4.69, 9.17) is 5.11 Å². The number of nitrogens with one attached hydrogen (secondary N) is 1. The molecule has 1 amide bonds. The molecule has 0 radical (unpaired) electrons. The van der Waals surface area contributed by atoms with E-state index >= 15 is 0 Å². The molecule has 1 saturated carbocycles. The zero-order valence-electron chi connectivity index (χ0n) is 10.9. The molecule has 2 N–H and O–H groups in total. The largest absolute Gasteiger partial charge is 0.481 e. The highest BCUT2D eigenvalue weighted by atomic mass is 79.9. The molecule has 0 heterocycles. The summed E-state index contributed by atoms with van der Waals surface area (Å²) in [6, 6.07) is 4.32. The van der Waals surface area contributed by atoms with Crippen LogP contribution in [0.4, 0.5) is 10.1 Å². The fourth-order valence-electron chi connectivity index (χ4n) is 2.67. The van der Waals surface area contributed by atoms with Gasteiger partial charge in [-0.05, 0) is 37.0 Å². The van der Waals surface area contributed by atoms with Gasteiger partial charge in [0.2, 0.25) is 5.91 Å². The predicted octanol–water partition coefficient (Wildman–Crippen LogP) is 3.27. The summed E-state index contributed by atoms with van der Waals surface area (Å²) < 4.78 is 14.2. The molecule has 3 atom stereocenters. The van der Waals surface area contributed by atoms with Gasteiger partial charge in [0.25, 0.3) is 0 Å². The summed E-state index contributed by atoms with van der Waals surface area (Å²) in [6.07, 6.45) is 0.997. The van der Waals surface area contributed by atoms with Gasteiger partial charge in [-0.15, -0.1) is 0 Å². The SMILES string of the molecule is CC1C[C@H](C(=O)Nc2ccc(Br)cc2F)[C@H](C(=O)O)C1. The standard InChI is InChI=1S/C14H15BrFNO3/c1-7-4-9(10(5-7)14(19)20)13(18)17-12-3-2-8(15)6-11(12)16/h2-3,6-7,9-10H,4-5H2,1H3,(H,17,18)(H,19,20)/t7?,9-,10+/m0/s1. The Morgan fingerprint density at radius 3 is 2.60 bits per heavy atom. The van der Waals surface area contributed by atoms with E-state index in [0.717, 1.165) is 0 Å². The minimum atomic E-state index is -0.967. The van der Waals surface area contributed by atoms with Crippen LogP contribution in [0, 0.1) is 23.6 Å². The van der Waals surface area contributed by atoms with Gasteiger partial charge < -0.3 is 10.4 Å². The number of carbonyl (C=O) groups is 2. The topological polar surface area (TPSA) is 66.4 Å². The second kappa shape index (κ2) is 5.91. The molecule has 20 heavy (non-hydrogen) atoms. The number of hydrogen-bond donors (Lipinski definition) is 2. The fraction of sp³-hybridized carbons (Fsp3) is 0.429. The molecule has 108 valence electrons. The fourth-order valence-corrected chi connectivity index (χ4v) is 3.00. The number of aliphatic carboxylic acids is 1. The molecular formula is C14H15BrFNO3. The Kier molecular flexibility index (Phi) is 4.42. The van der Waals surface area contributed by atoms with Crippen LogP contribution in [0.15, 0.2) is 22.7 Å². The van der Waals surface area contributed by atoms with Crippen molar-refractivity contribution in [2.45, 2.75) is 19.8 Å². The van der Waals surface area contributed by atoms with Gasteiger partial charge in [0.05, 0.1) is 17.5 Å². The van der Waals surface area contributed by atoms with Gasteiger partial charge in [0, 0.05) is 4.47 Å². The van der Waals surface area contributed by atoms with Crippen molar-refractivity contribution >= 4 is 33.5 Å². The Bertz CT molecular complexity index is 549. The lowest BCUT2D eigenvalue weighted by molar-refractivity contribution is -0.145. The summed E-state index contributed by atoms with van der Waals surface area (Å²) in [5.41, 5.74) is 0.0712. The minimum absolute atomic E-state index is 0.0712. The van der Waals surface area contributed by atoms with Crippen LogP contribution in [0.5, 0.6) is 0 Å². The maximum Gasteiger partial charge on any atom is 0.307 e. The lowest BCUT2D eigenvalue weighted by Gasteiger charge is -2.16. The first-order chi connectivity index (χ1) is 9.38. The zero-order chi connectivity index (χ0) is 14.9. The molecule has 1 fully saturated rings. The highest BCUT2D eigenvalue weighted by Crippen LogP contribution is 2.37. The summed E-state index contributed by atoms with van der Waals surface area (Å²) in [7, 11) is 0. The van der Waals surface area contributed by atoms with Crippen molar-refractivity contribution in [2.24, 2.45) is 17.8 Å². The predicted molar refractivity (Wildman–Crippen MR) is 75.7 cm³/mol. The molecule has 0 spiro atoms. The third-order valence-electron chi connectivity index (χ3n) is 3.64. The first-order valence-corrected chi connectivity index (χ1v) is 7.16. The zero-order valence-corrected chi connectivity index (χ0v) is 12.5. The molecule has 2 rings (SSSR count). The van der Waals surface area contributed by atoms with Crippen LogP contribution in [-0.4, -0.2) is 17.0 Å². The molecule has 1 aliphatic carbocycles. The number of carbonyl (C=O) groups excluding carboxylic acids is 1. The van der Waals surface area contributed by atoms with Crippen molar-refractivity contribution in [3.8, 4) is 0 Å². The minimum Gasteiger partial charge on any atom is -0.481 e. The Balaban J connectivity index is 2.13. The van der Waals surface area contributed by atoms with Gasteiger partial charge in [0.1, 0.15) is 5.82 Å². The molecule has 0 aromatic heterocycles. The Labute approximate surface area is 124 Å². The maximum absolute atomic E-state index is 13.7. The van der Waals surface area contributed by atoms with Crippen LogP contribution in [-0.2, 0) is 9.59 Å². The average molecular weight is 344 g/mol. The highest BCUT2D eigenvalue weighted by molar-refractivity contribution is 9.10. The van der Waals surface area contributed by atoms with Crippen LogP contribution in [0.1, 0.15) is 19.8 Å². The van der Waals surface area contributed by atoms with Gasteiger partial charge in [-0.25, -0.2) is 4.39 Å². The van der Waals surface area contributed by atoms with Crippen molar-refractivity contribution in [3.63, 3.8) is 0 Å². The number of anilines is 1. The smallest absolute Gasteiger partial charge is 0.307 e. The number of amides is 1. The summed E-state index contributed by atoms with van der Waals surface area (Å²) in [6.45, 7) is 1.92. The van der Waals surface area contributed by atoms with Crippen LogP contribution in [0.25, 0.3) is 0 Å². The van der Waals surface area contributed by atoms with Crippen molar-refractivity contribution in [1.29, 1.82) is 0 Å². The molecule has 1 aliphatic rings. The second-order valence-corrected chi connectivity index (χ2v) is 6.16. The molecule has 0 aliphatic heterocycles. The highest BCUT2D eigenvalue weighted by Gasteiger charge is 2.41. The van der Waals surface area contributed by atoms with E-state index in [0.29, 0.717) is 17.3 Å². The number of hydrogen-bond acceptors (Lipinski definition) is 2. The van der Waals surface area contributed by atoms with Crippen LogP contribution >= 0.6 is 15.9 Å². The van der Waals surface area contributed by atoms with E-state index in [1.54, 1.807) is 6.07 Å². The summed E-state index contributed by atoms with van der Waals surface area (Å²) in [5.74, 6) is -3.06. The number of halogens is 2. The van der Waals surface area contributed by atoms with Crippen molar-refractivity contribution in [3.05, 3.63) is 28.5 Å². The molecular weight excluding hydrogens is 329 g/mol. The summed E-state index contributed by atoms with van der Waals surface area (Å²) >= 11 is 3.13. The molecule has 4 nitrogen and oxygen atoms in total. The first kappa shape index (κ1) is 15.0. The number of carboxylic acid groups (broad SMARTS) is 1. The van der Waals surface area contributed by atoms with Gasteiger partial charge in [-0.2, -0.15) is 0 Å². The van der Waals surface area contributed by atoms with Gasteiger partial charge in [-0.3, -0.25) is 9.59 Å². The second-order valence-electron chi connectivity index (χ2n) is 5.24. The molecule has 0 bridgehead atoms. The van der Waals surface area contributed by atoms with E-state index in [9.17, 15) is 14.0 Å². The number of rotatable bonds is 3. The Morgan fingerprint density at radius 1 is 1.35 bits per heavy atom. The summed E-state index contributed by atoms with van der Waals surface area (Å²) in [4.78, 5) is 23.3. The molecule has 1 aromatic carbocycles. The number of benzene rings is 1. The third kappa shape index (κ3) is 3.17. The van der Waals surface area contributed by atoms with E-state index in [-0.39, 0.29) is 11.6 Å². The van der Waals surface area contributed by atoms with Crippen LogP contribution in [0.3, 0.4) is 0 Å². The van der Waals surface area contributed by atoms with E-state index in [1.165, 1.54) is 12.1 Å². The van der Waals surface area contributed by atoms with Crippen molar-refractivity contribution < 1.29 is 19.1 Å². The molecule has 6 heteroatoms. The molecule has 1 unspecified atom stereocenters. The van der Waals surface area contributed by atoms with Gasteiger partial charge in [0.15, 0.2) is 0 Å². The number of carboxylic acids is 1. The molecule has 1 aromatic rings. The van der Waals surface area contributed by atoms with E-state index in [1.807, 2.05) is 6.92 Å². The summed E-state index contributed by atoms with van der Waals surface area (Å²) in [5, 5.41) is 11.6. The van der Waals surface area contributed by atoms with Crippen LogP contribution < -0.4 is 5.32 Å². The first-order valence-electron chi connectivity index (χ1n) is 6.37. The van der Waals surface area contributed by atoms with E-state index in [2.05, 4.69) is 21.2 Å². The van der Waals surface area contributed by atoms with E-state index < -0.39 is 29.5 Å². The Morgan fingerprint density at radius 2 is 2.00 bits per heavy atom. The Hall–Kier alpha value is -1.43. The van der Waals surface area contributed by atoms with Crippen molar-refractivity contribution in [1.82, 2.24) is 0 Å². The normalized spacial score (nSPS) is 25.4. The van der Waals surface area contributed by atoms with Gasteiger partial charge in [-0.1, -0.05) is 22.9 Å². The maximum atomic E-state index is 13.7. The quantitative estimate of drug-likeness (QED) is 0.884. The monoisotopic (exact) mass is 343 g/mol. The lowest BCUT2D eigenvalue weighted by atomic mass is 9.95. The molecule has 0 saturated heterocycles. The average Bonchev–Trinajstić information content (AvgIpc) is 2.75.